The Morgan fingerprint density at radius 2 is 1.75 bits per heavy atom. The van der Waals surface area contributed by atoms with Crippen molar-refractivity contribution < 1.29 is 47.8 Å². The number of esters is 1. The minimum Gasteiger partial charge on any atom is -0.468 e. The number of aliphatic hydroxyl groups is 1. The van der Waals surface area contributed by atoms with Gasteiger partial charge in [-0.1, -0.05) is 0 Å². The largest absolute Gasteiger partial charge is 0.468 e. The van der Waals surface area contributed by atoms with Gasteiger partial charge >= 0.3 is 5.97 Å². The topological polar surface area (TPSA) is 111 Å². The van der Waals surface area contributed by atoms with Gasteiger partial charge in [-0.2, -0.15) is 0 Å². The molecule has 0 saturated carbocycles. The van der Waals surface area contributed by atoms with Crippen LogP contribution in [0.5, 0.6) is 0 Å². The van der Waals surface area contributed by atoms with Crippen molar-refractivity contribution in [2.45, 2.75) is 31.3 Å². The maximum atomic E-state index is 11.5. The van der Waals surface area contributed by atoms with E-state index in [1.807, 2.05) is 0 Å². The maximum Gasteiger partial charge on any atom is 0.330 e. The van der Waals surface area contributed by atoms with Crippen LogP contribution in [0.2, 0.25) is 0 Å². The van der Waals surface area contributed by atoms with Gasteiger partial charge in [-0.15, -0.1) is 0 Å². The van der Waals surface area contributed by atoms with Crippen LogP contribution in [0.1, 0.15) is 6.92 Å². The van der Waals surface area contributed by atoms with Crippen LogP contribution in [0.4, 0.5) is 0 Å². The fourth-order valence-electron chi connectivity index (χ4n) is 2.42. The number of ether oxygens (including phenoxy) is 8. The molecule has 1 aliphatic heterocycles. The molecule has 1 heterocycles. The lowest BCUT2D eigenvalue weighted by atomic mass is 10.1. The molecule has 1 N–H and O–H groups in total. The van der Waals surface area contributed by atoms with Crippen LogP contribution in [0.15, 0.2) is 24.0 Å². The standard InChI is InChI=1S/C18H30O10/c1-5-25-16(19)7-6-13(26-11-22-3)8-14-17(20)18(27-12-23-4)15(28-14)9-24-10-21-2/h6-8,14-15,17-18,20H,5,9-12H2,1-4H3/b7-6+,13-8+/t14-,15+,17+,18-/m0/s1. The van der Waals surface area contributed by atoms with Gasteiger partial charge in [-0.05, 0) is 19.1 Å². The summed E-state index contributed by atoms with van der Waals surface area (Å²) in [6, 6.07) is 0. The van der Waals surface area contributed by atoms with Crippen molar-refractivity contribution in [3.8, 4) is 0 Å². The number of rotatable bonds is 14. The van der Waals surface area contributed by atoms with Crippen LogP contribution in [0.25, 0.3) is 0 Å². The molecule has 162 valence electrons. The second-order valence-electron chi connectivity index (χ2n) is 5.65. The van der Waals surface area contributed by atoms with E-state index in [9.17, 15) is 9.90 Å². The van der Waals surface area contributed by atoms with Crippen LogP contribution < -0.4 is 0 Å². The lowest BCUT2D eigenvalue weighted by molar-refractivity contribution is -0.137. The lowest BCUT2D eigenvalue weighted by Crippen LogP contribution is -2.37. The number of carbonyl (C=O) groups is 1. The summed E-state index contributed by atoms with van der Waals surface area (Å²) in [5, 5.41) is 10.6. The molecule has 0 bridgehead atoms. The molecule has 0 aliphatic carbocycles. The fourth-order valence-corrected chi connectivity index (χ4v) is 2.42. The number of methoxy groups -OCH3 is 3. The Balaban J connectivity index is 2.89. The molecule has 10 heteroatoms. The molecule has 0 radical (unpaired) electrons. The zero-order chi connectivity index (χ0) is 20.8. The van der Waals surface area contributed by atoms with E-state index in [0.29, 0.717) is 0 Å². The highest BCUT2D eigenvalue weighted by Crippen LogP contribution is 2.26. The Labute approximate surface area is 164 Å². The third kappa shape index (κ3) is 8.65. The first-order valence-electron chi connectivity index (χ1n) is 8.76. The van der Waals surface area contributed by atoms with Gasteiger partial charge in [-0.25, -0.2) is 4.79 Å². The van der Waals surface area contributed by atoms with Gasteiger partial charge in [0.05, 0.1) is 13.2 Å². The molecule has 1 rings (SSSR count). The van der Waals surface area contributed by atoms with E-state index < -0.39 is 30.4 Å². The molecule has 1 saturated heterocycles. The first kappa shape index (κ1) is 24.5. The summed E-state index contributed by atoms with van der Waals surface area (Å²) < 4.78 is 41.6. The summed E-state index contributed by atoms with van der Waals surface area (Å²) in [5.74, 6) is -0.252. The van der Waals surface area contributed by atoms with Crippen molar-refractivity contribution in [2.75, 3.05) is 54.9 Å². The molecular weight excluding hydrogens is 376 g/mol. The average Bonchev–Trinajstić information content (AvgIpc) is 2.97. The van der Waals surface area contributed by atoms with Gasteiger partial charge in [0.1, 0.15) is 43.8 Å². The molecule has 0 aromatic carbocycles. The van der Waals surface area contributed by atoms with Gasteiger partial charge < -0.3 is 43.0 Å². The van der Waals surface area contributed by atoms with E-state index in [2.05, 4.69) is 0 Å². The van der Waals surface area contributed by atoms with Gasteiger partial charge in [0, 0.05) is 27.4 Å². The van der Waals surface area contributed by atoms with Crippen LogP contribution in [0, 0.1) is 0 Å². The predicted octanol–water partition coefficient (Wildman–Crippen LogP) is 0.348. The molecule has 4 atom stereocenters. The number of hydrogen-bond donors (Lipinski definition) is 1. The predicted molar refractivity (Wildman–Crippen MR) is 96.1 cm³/mol. The fraction of sp³-hybridized carbons (Fsp3) is 0.722. The summed E-state index contributed by atoms with van der Waals surface area (Å²) in [6.07, 6.45) is 1.13. The van der Waals surface area contributed by atoms with Crippen molar-refractivity contribution >= 4 is 5.97 Å². The van der Waals surface area contributed by atoms with Crippen molar-refractivity contribution in [1.82, 2.24) is 0 Å². The molecule has 0 amide bonds. The lowest BCUT2D eigenvalue weighted by Gasteiger charge is -2.20. The van der Waals surface area contributed by atoms with Crippen molar-refractivity contribution in [2.24, 2.45) is 0 Å². The van der Waals surface area contributed by atoms with E-state index in [4.69, 9.17) is 37.9 Å². The van der Waals surface area contributed by atoms with E-state index >= 15 is 0 Å². The number of aliphatic hydroxyl groups excluding tert-OH is 1. The Kier molecular flexibility index (Phi) is 12.7. The molecular formula is C18H30O10. The molecule has 0 unspecified atom stereocenters. The van der Waals surface area contributed by atoms with E-state index in [0.717, 1.165) is 0 Å². The minimum atomic E-state index is -1.01. The first-order chi connectivity index (χ1) is 13.6. The summed E-state index contributed by atoms with van der Waals surface area (Å²) in [4.78, 5) is 11.5. The second-order valence-corrected chi connectivity index (χ2v) is 5.65. The van der Waals surface area contributed by atoms with E-state index in [-0.39, 0.29) is 39.4 Å². The molecule has 0 aromatic rings. The summed E-state index contributed by atoms with van der Waals surface area (Å²) in [6.45, 7) is 2.13. The average molecular weight is 406 g/mol. The Morgan fingerprint density at radius 1 is 1.04 bits per heavy atom. The summed E-state index contributed by atoms with van der Waals surface area (Å²) in [7, 11) is 4.45. The normalized spacial score (nSPS) is 25.4. The Hall–Kier alpha value is -1.53. The molecule has 1 aliphatic rings. The minimum absolute atomic E-state index is 0.0158. The third-order valence-corrected chi connectivity index (χ3v) is 3.58. The molecule has 0 aromatic heterocycles. The van der Waals surface area contributed by atoms with Crippen molar-refractivity contribution in [3.63, 3.8) is 0 Å². The molecule has 1 fully saturated rings. The maximum absolute atomic E-state index is 11.5. The number of hydrogen-bond acceptors (Lipinski definition) is 10. The SMILES string of the molecule is CCOC(=O)/C=C/C(=C\[C@@H]1O[C@H](COCOC)[C@H](OCOC)[C@@H]1O)OCOC. The Morgan fingerprint density at radius 3 is 2.39 bits per heavy atom. The summed E-state index contributed by atoms with van der Waals surface area (Å²) >= 11 is 0. The molecule has 10 nitrogen and oxygen atoms in total. The van der Waals surface area contributed by atoms with Crippen LogP contribution in [-0.4, -0.2) is 90.4 Å². The number of carbonyl (C=O) groups excluding carboxylic acids is 1. The molecule has 28 heavy (non-hydrogen) atoms. The van der Waals surface area contributed by atoms with E-state index in [1.165, 1.54) is 39.6 Å². The van der Waals surface area contributed by atoms with Gasteiger partial charge in [0.15, 0.2) is 6.79 Å². The van der Waals surface area contributed by atoms with Gasteiger partial charge in [-0.3, -0.25) is 0 Å². The van der Waals surface area contributed by atoms with Crippen LogP contribution in [-0.2, 0) is 42.7 Å². The Bertz CT molecular complexity index is 493. The monoisotopic (exact) mass is 406 g/mol. The highest BCUT2D eigenvalue weighted by atomic mass is 16.7. The van der Waals surface area contributed by atoms with Crippen LogP contribution in [0.3, 0.4) is 0 Å². The first-order valence-corrected chi connectivity index (χ1v) is 8.76. The zero-order valence-electron chi connectivity index (χ0n) is 16.7. The second kappa shape index (κ2) is 14.5. The van der Waals surface area contributed by atoms with Gasteiger partial charge in [0.2, 0.25) is 0 Å². The smallest absolute Gasteiger partial charge is 0.330 e. The highest BCUT2D eigenvalue weighted by molar-refractivity contribution is 5.82. The molecule has 0 spiro atoms. The number of allylic oxidation sites excluding steroid dienone is 1. The van der Waals surface area contributed by atoms with Crippen molar-refractivity contribution in [3.05, 3.63) is 24.0 Å². The van der Waals surface area contributed by atoms with Crippen molar-refractivity contribution in [1.29, 1.82) is 0 Å². The quantitative estimate of drug-likeness (QED) is 0.108. The third-order valence-electron chi connectivity index (χ3n) is 3.58. The van der Waals surface area contributed by atoms with Crippen LogP contribution >= 0.6 is 0 Å². The van der Waals surface area contributed by atoms with Gasteiger partial charge in [0.25, 0.3) is 0 Å². The summed E-state index contributed by atoms with van der Waals surface area (Å²) in [5.41, 5.74) is 0. The van der Waals surface area contributed by atoms with E-state index in [1.54, 1.807) is 6.92 Å². The highest BCUT2D eigenvalue weighted by Gasteiger charge is 2.44. The zero-order valence-corrected chi connectivity index (χ0v) is 16.7.